The SMILES string of the molecule is Cc1ccc(C)c(NC(=O)CSc2nnc(CN(c3ccccc3)S(C)(=O)=O)n2C)c1. The van der Waals surface area contributed by atoms with Gasteiger partial charge in [-0.1, -0.05) is 42.1 Å². The third-order valence-corrected chi connectivity index (χ3v) is 6.81. The molecule has 0 aliphatic carbocycles. The summed E-state index contributed by atoms with van der Waals surface area (Å²) in [6.07, 6.45) is 1.16. The number of anilines is 2. The smallest absolute Gasteiger partial charge is 0.234 e. The summed E-state index contributed by atoms with van der Waals surface area (Å²) in [5.41, 5.74) is 3.40. The van der Waals surface area contributed by atoms with E-state index in [1.54, 1.807) is 35.9 Å². The van der Waals surface area contributed by atoms with Gasteiger partial charge in [0.2, 0.25) is 15.9 Å². The van der Waals surface area contributed by atoms with Gasteiger partial charge in [-0.2, -0.15) is 0 Å². The first kappa shape index (κ1) is 22.8. The van der Waals surface area contributed by atoms with E-state index in [2.05, 4.69) is 15.5 Å². The van der Waals surface area contributed by atoms with Gasteiger partial charge in [0.25, 0.3) is 0 Å². The second-order valence-corrected chi connectivity index (χ2v) is 10.1. The lowest BCUT2D eigenvalue weighted by atomic mass is 10.1. The Morgan fingerprint density at radius 3 is 2.52 bits per heavy atom. The van der Waals surface area contributed by atoms with Gasteiger partial charge in [-0.3, -0.25) is 9.10 Å². The molecule has 0 aliphatic rings. The number of carbonyl (C=O) groups is 1. The van der Waals surface area contributed by atoms with Crippen LogP contribution in [0.4, 0.5) is 11.4 Å². The van der Waals surface area contributed by atoms with Crippen LogP contribution in [0.5, 0.6) is 0 Å². The first-order valence-corrected chi connectivity index (χ1v) is 12.4. The van der Waals surface area contributed by atoms with Crippen LogP contribution in [-0.4, -0.2) is 41.1 Å². The Kier molecular flexibility index (Phi) is 7.01. The van der Waals surface area contributed by atoms with Crippen LogP contribution in [0, 0.1) is 13.8 Å². The maximum absolute atomic E-state index is 12.4. The molecule has 0 fully saturated rings. The first-order valence-electron chi connectivity index (χ1n) is 9.56. The monoisotopic (exact) mass is 459 g/mol. The highest BCUT2D eigenvalue weighted by Crippen LogP contribution is 2.22. The fourth-order valence-corrected chi connectivity index (χ4v) is 4.50. The van der Waals surface area contributed by atoms with E-state index in [1.807, 2.05) is 38.1 Å². The summed E-state index contributed by atoms with van der Waals surface area (Å²) in [5, 5.41) is 11.7. The van der Waals surface area contributed by atoms with E-state index in [1.165, 1.54) is 16.1 Å². The number of aromatic nitrogens is 3. The molecule has 0 spiro atoms. The molecule has 1 heterocycles. The molecule has 0 saturated heterocycles. The maximum atomic E-state index is 12.4. The topological polar surface area (TPSA) is 97.2 Å². The second-order valence-electron chi connectivity index (χ2n) is 7.22. The molecule has 1 aromatic heterocycles. The Bertz CT molecular complexity index is 1180. The van der Waals surface area contributed by atoms with Gasteiger partial charge in [0.05, 0.1) is 24.2 Å². The summed E-state index contributed by atoms with van der Waals surface area (Å²) in [6.45, 7) is 3.96. The van der Waals surface area contributed by atoms with Crippen molar-refractivity contribution in [1.82, 2.24) is 14.8 Å². The molecule has 0 atom stereocenters. The molecule has 10 heteroatoms. The summed E-state index contributed by atoms with van der Waals surface area (Å²) in [6, 6.07) is 14.7. The maximum Gasteiger partial charge on any atom is 0.234 e. The largest absolute Gasteiger partial charge is 0.325 e. The van der Waals surface area contributed by atoms with Crippen molar-refractivity contribution in [2.45, 2.75) is 25.5 Å². The third kappa shape index (κ3) is 5.86. The van der Waals surface area contributed by atoms with Crippen LogP contribution in [0.3, 0.4) is 0 Å². The molecule has 3 aromatic rings. The summed E-state index contributed by atoms with van der Waals surface area (Å²) < 4.78 is 27.6. The summed E-state index contributed by atoms with van der Waals surface area (Å²) >= 11 is 1.25. The average molecular weight is 460 g/mol. The molecule has 0 unspecified atom stereocenters. The number of sulfonamides is 1. The van der Waals surface area contributed by atoms with Crippen molar-refractivity contribution in [3.05, 3.63) is 65.5 Å². The Morgan fingerprint density at radius 2 is 1.84 bits per heavy atom. The van der Waals surface area contributed by atoms with Crippen molar-refractivity contribution >= 4 is 39.1 Å². The van der Waals surface area contributed by atoms with Gasteiger partial charge in [-0.05, 0) is 43.2 Å². The van der Waals surface area contributed by atoms with Crippen LogP contribution in [0.25, 0.3) is 0 Å². The van der Waals surface area contributed by atoms with Gasteiger partial charge in [0, 0.05) is 12.7 Å². The fraction of sp³-hybridized carbons (Fsp3) is 0.286. The molecular weight excluding hydrogens is 434 g/mol. The Hall–Kier alpha value is -2.85. The number of thioether (sulfide) groups is 1. The van der Waals surface area contributed by atoms with E-state index in [4.69, 9.17) is 0 Å². The molecule has 0 bridgehead atoms. The van der Waals surface area contributed by atoms with Crippen molar-refractivity contribution in [3.63, 3.8) is 0 Å². The molecule has 8 nitrogen and oxygen atoms in total. The highest BCUT2D eigenvalue weighted by atomic mass is 32.2. The van der Waals surface area contributed by atoms with Gasteiger partial charge >= 0.3 is 0 Å². The molecule has 0 aliphatic heterocycles. The molecule has 0 saturated carbocycles. The highest BCUT2D eigenvalue weighted by molar-refractivity contribution is 7.99. The van der Waals surface area contributed by atoms with E-state index in [9.17, 15) is 13.2 Å². The van der Waals surface area contributed by atoms with Gasteiger partial charge in [-0.25, -0.2) is 8.42 Å². The predicted molar refractivity (Wildman–Crippen MR) is 124 cm³/mol. The van der Waals surface area contributed by atoms with Gasteiger partial charge in [0.1, 0.15) is 0 Å². The van der Waals surface area contributed by atoms with E-state index in [0.717, 1.165) is 23.1 Å². The number of para-hydroxylation sites is 1. The average Bonchev–Trinajstić information content (AvgIpc) is 3.06. The Balaban J connectivity index is 1.68. The van der Waals surface area contributed by atoms with Crippen molar-refractivity contribution in [1.29, 1.82) is 0 Å². The minimum Gasteiger partial charge on any atom is -0.325 e. The van der Waals surface area contributed by atoms with Gasteiger partial charge in [0.15, 0.2) is 11.0 Å². The third-order valence-electron chi connectivity index (χ3n) is 4.65. The van der Waals surface area contributed by atoms with E-state index in [-0.39, 0.29) is 18.2 Å². The van der Waals surface area contributed by atoms with Gasteiger partial charge in [-0.15, -0.1) is 10.2 Å². The molecule has 3 rings (SSSR count). The van der Waals surface area contributed by atoms with Crippen molar-refractivity contribution in [2.75, 3.05) is 21.6 Å². The van der Waals surface area contributed by atoms with Crippen molar-refractivity contribution in [3.8, 4) is 0 Å². The first-order chi connectivity index (χ1) is 14.6. The number of carbonyl (C=O) groups excluding carboxylic acids is 1. The molecule has 164 valence electrons. The number of hydrogen-bond acceptors (Lipinski definition) is 6. The lowest BCUT2D eigenvalue weighted by molar-refractivity contribution is -0.113. The van der Waals surface area contributed by atoms with Crippen LogP contribution in [0.15, 0.2) is 53.7 Å². The quantitative estimate of drug-likeness (QED) is 0.520. The number of rotatable bonds is 8. The molecule has 2 aromatic carbocycles. The Morgan fingerprint density at radius 1 is 1.13 bits per heavy atom. The molecule has 0 radical (unpaired) electrons. The van der Waals surface area contributed by atoms with Crippen LogP contribution < -0.4 is 9.62 Å². The summed E-state index contributed by atoms with van der Waals surface area (Å²) in [7, 11) is -1.75. The number of nitrogens with one attached hydrogen (secondary N) is 1. The second kappa shape index (κ2) is 9.52. The van der Waals surface area contributed by atoms with Crippen LogP contribution in [0.2, 0.25) is 0 Å². The van der Waals surface area contributed by atoms with Crippen molar-refractivity contribution in [2.24, 2.45) is 7.05 Å². The van der Waals surface area contributed by atoms with E-state index >= 15 is 0 Å². The number of amides is 1. The normalized spacial score (nSPS) is 11.4. The zero-order valence-corrected chi connectivity index (χ0v) is 19.5. The van der Waals surface area contributed by atoms with E-state index < -0.39 is 10.0 Å². The number of benzene rings is 2. The minimum atomic E-state index is -3.51. The molecular formula is C21H25N5O3S2. The molecule has 1 amide bonds. The van der Waals surface area contributed by atoms with E-state index in [0.29, 0.717) is 16.7 Å². The highest BCUT2D eigenvalue weighted by Gasteiger charge is 2.21. The minimum absolute atomic E-state index is 0.0432. The summed E-state index contributed by atoms with van der Waals surface area (Å²) in [5.74, 6) is 0.491. The lowest BCUT2D eigenvalue weighted by Gasteiger charge is -2.21. The van der Waals surface area contributed by atoms with Crippen LogP contribution in [-0.2, 0) is 28.4 Å². The molecule has 1 N–H and O–H groups in total. The predicted octanol–water partition coefficient (Wildman–Crippen LogP) is 3.13. The fourth-order valence-electron chi connectivity index (χ4n) is 2.92. The number of nitrogens with zero attached hydrogens (tertiary/aromatic N) is 4. The van der Waals surface area contributed by atoms with Crippen molar-refractivity contribution < 1.29 is 13.2 Å². The van der Waals surface area contributed by atoms with Crippen LogP contribution >= 0.6 is 11.8 Å². The zero-order valence-electron chi connectivity index (χ0n) is 17.9. The number of hydrogen-bond donors (Lipinski definition) is 1. The van der Waals surface area contributed by atoms with Gasteiger partial charge < -0.3 is 9.88 Å². The standard InChI is InChI=1S/C21H25N5O3S2/c1-15-10-11-16(2)18(12-15)22-20(27)14-30-21-24-23-19(25(21)3)13-26(31(4,28)29)17-8-6-5-7-9-17/h5-12H,13-14H2,1-4H3,(H,22,27). The zero-order chi connectivity index (χ0) is 22.6. The summed E-state index contributed by atoms with van der Waals surface area (Å²) in [4.78, 5) is 12.4. The lowest BCUT2D eigenvalue weighted by Crippen LogP contribution is -2.30. The Labute approximate surface area is 186 Å². The number of aryl methyl sites for hydroxylation is 2. The van der Waals surface area contributed by atoms with Crippen LogP contribution in [0.1, 0.15) is 17.0 Å². The molecule has 31 heavy (non-hydrogen) atoms.